The van der Waals surface area contributed by atoms with Crippen LogP contribution in [0.4, 0.5) is 5.00 Å². The maximum absolute atomic E-state index is 10.1. The fourth-order valence-electron chi connectivity index (χ4n) is 1.65. The van der Waals surface area contributed by atoms with Gasteiger partial charge in [-0.2, -0.15) is 16.1 Å². The molecule has 0 radical (unpaired) electrons. The van der Waals surface area contributed by atoms with E-state index in [-0.39, 0.29) is 0 Å². The smallest absolute Gasteiger partial charge is 0.117 e. The Morgan fingerprint density at radius 2 is 2.24 bits per heavy atom. The van der Waals surface area contributed by atoms with Gasteiger partial charge >= 0.3 is 0 Å². The molecule has 2 N–H and O–H groups in total. The zero-order valence-electron chi connectivity index (χ0n) is 9.93. The summed E-state index contributed by atoms with van der Waals surface area (Å²) in [5.74, 6) is 0.719. The molecule has 0 aliphatic rings. The molecule has 0 aliphatic heterocycles. The zero-order chi connectivity index (χ0) is 12.3. The number of nitrogens with zero attached hydrogens (tertiary/aromatic N) is 1. The summed E-state index contributed by atoms with van der Waals surface area (Å²) in [5.41, 5.74) is 0.314. The van der Waals surface area contributed by atoms with Gasteiger partial charge in [-0.05, 0) is 36.8 Å². The molecule has 0 aliphatic carbocycles. The molecule has 1 aromatic carbocycles. The van der Waals surface area contributed by atoms with E-state index < -0.39 is 5.60 Å². The van der Waals surface area contributed by atoms with Crippen LogP contribution in [0.25, 0.3) is 10.9 Å². The Hall–Kier alpha value is -0.780. The molecule has 2 rings (SSSR count). The largest absolute Gasteiger partial charge is 0.387 e. The average molecular weight is 268 g/mol. The van der Waals surface area contributed by atoms with Crippen LogP contribution in [-0.4, -0.2) is 33.6 Å². The lowest BCUT2D eigenvalue weighted by molar-refractivity contribution is 0.0998. The highest BCUT2D eigenvalue weighted by atomic mass is 32.2. The van der Waals surface area contributed by atoms with Crippen LogP contribution in [0.15, 0.2) is 24.3 Å². The Bertz CT molecular complexity index is 496. The van der Waals surface area contributed by atoms with Crippen molar-refractivity contribution in [1.29, 1.82) is 0 Å². The van der Waals surface area contributed by atoms with E-state index in [9.17, 15) is 5.11 Å². The molecule has 0 amide bonds. The van der Waals surface area contributed by atoms with E-state index in [0.29, 0.717) is 6.54 Å². The van der Waals surface area contributed by atoms with Crippen LogP contribution in [0.5, 0.6) is 0 Å². The zero-order valence-corrected chi connectivity index (χ0v) is 11.6. The predicted octanol–water partition coefficient (Wildman–Crippen LogP) is 2.82. The Morgan fingerprint density at radius 1 is 1.47 bits per heavy atom. The lowest BCUT2D eigenvalue weighted by atomic mass is 10.1. The quantitative estimate of drug-likeness (QED) is 0.875. The second kappa shape index (κ2) is 5.25. The van der Waals surface area contributed by atoms with Crippen molar-refractivity contribution in [2.75, 3.05) is 23.9 Å². The number of thioether (sulfide) groups is 1. The lowest BCUT2D eigenvalue weighted by Gasteiger charge is -2.22. The standard InChI is InChI=1S/C12H16N2OS2/c1-12(15,8-16-2)7-13-11-9-5-3-4-6-10(9)14-17-11/h3-6,13,15H,7-8H2,1-2H3. The van der Waals surface area contributed by atoms with Crippen LogP contribution in [0, 0.1) is 0 Å². The minimum atomic E-state index is -0.690. The molecule has 92 valence electrons. The third-order valence-corrected chi connectivity index (χ3v) is 4.21. The number of anilines is 1. The van der Waals surface area contributed by atoms with Crippen molar-refractivity contribution in [3.05, 3.63) is 24.3 Å². The molecule has 0 saturated carbocycles. The molecule has 3 nitrogen and oxygen atoms in total. The van der Waals surface area contributed by atoms with Crippen LogP contribution >= 0.6 is 23.3 Å². The van der Waals surface area contributed by atoms with Crippen LogP contribution in [0.1, 0.15) is 6.92 Å². The van der Waals surface area contributed by atoms with Gasteiger partial charge < -0.3 is 10.4 Å². The summed E-state index contributed by atoms with van der Waals surface area (Å²) in [6, 6.07) is 8.03. The normalized spacial score (nSPS) is 14.8. The predicted molar refractivity (Wildman–Crippen MR) is 77.1 cm³/mol. The Morgan fingerprint density at radius 3 is 3.00 bits per heavy atom. The van der Waals surface area contributed by atoms with Crippen LogP contribution in [0.2, 0.25) is 0 Å². The molecule has 5 heteroatoms. The van der Waals surface area contributed by atoms with Crippen molar-refractivity contribution in [2.24, 2.45) is 0 Å². The van der Waals surface area contributed by atoms with E-state index in [1.807, 2.05) is 37.4 Å². The number of fused-ring (bicyclic) bond motifs is 1. The summed E-state index contributed by atoms with van der Waals surface area (Å²) in [6.07, 6.45) is 2.00. The van der Waals surface area contributed by atoms with Crippen LogP contribution in [0.3, 0.4) is 0 Å². The monoisotopic (exact) mass is 268 g/mol. The number of aromatic nitrogens is 1. The third kappa shape index (κ3) is 3.12. The van der Waals surface area contributed by atoms with Gasteiger partial charge in [0.25, 0.3) is 0 Å². The summed E-state index contributed by atoms with van der Waals surface area (Å²) in [5, 5.41) is 15.5. The first-order valence-electron chi connectivity index (χ1n) is 5.42. The van der Waals surface area contributed by atoms with Gasteiger partial charge in [0.1, 0.15) is 5.00 Å². The fourth-order valence-corrected chi connectivity index (χ4v) is 3.13. The fraction of sp³-hybridized carbons (Fsp3) is 0.417. The first kappa shape index (κ1) is 12.7. The number of rotatable bonds is 5. The number of hydrogen-bond donors (Lipinski definition) is 2. The van der Waals surface area contributed by atoms with Crippen molar-refractivity contribution in [3.63, 3.8) is 0 Å². The van der Waals surface area contributed by atoms with Crippen LogP contribution in [-0.2, 0) is 0 Å². The molecular formula is C12H16N2OS2. The topological polar surface area (TPSA) is 45.1 Å². The summed E-state index contributed by atoms with van der Waals surface area (Å²) in [7, 11) is 0. The maximum Gasteiger partial charge on any atom is 0.117 e. The summed E-state index contributed by atoms with van der Waals surface area (Å²) >= 11 is 3.09. The third-order valence-electron chi connectivity index (χ3n) is 2.47. The van der Waals surface area contributed by atoms with Gasteiger partial charge in [0.15, 0.2) is 0 Å². The number of benzene rings is 1. The van der Waals surface area contributed by atoms with Crippen LogP contribution < -0.4 is 5.32 Å². The first-order chi connectivity index (χ1) is 8.12. The molecule has 2 aromatic rings. The molecule has 1 atom stereocenters. The molecule has 17 heavy (non-hydrogen) atoms. The highest BCUT2D eigenvalue weighted by molar-refractivity contribution is 7.98. The second-order valence-electron chi connectivity index (χ2n) is 4.31. The van der Waals surface area contributed by atoms with Gasteiger partial charge in [0.05, 0.1) is 11.1 Å². The molecule has 0 fully saturated rings. The van der Waals surface area contributed by atoms with Crippen molar-refractivity contribution in [3.8, 4) is 0 Å². The Kier molecular flexibility index (Phi) is 3.91. The molecule has 0 bridgehead atoms. The van der Waals surface area contributed by atoms with Crippen molar-refractivity contribution in [1.82, 2.24) is 4.37 Å². The summed E-state index contributed by atoms with van der Waals surface area (Å²) in [4.78, 5) is 0. The van der Waals surface area contributed by atoms with Crippen molar-refractivity contribution < 1.29 is 5.11 Å². The molecule has 1 unspecified atom stereocenters. The molecule has 0 saturated heterocycles. The van der Waals surface area contributed by atoms with Gasteiger partial charge in [-0.3, -0.25) is 0 Å². The van der Waals surface area contributed by atoms with Crippen molar-refractivity contribution >= 4 is 39.2 Å². The van der Waals surface area contributed by atoms with E-state index in [0.717, 1.165) is 21.7 Å². The van der Waals surface area contributed by atoms with E-state index in [2.05, 4.69) is 9.69 Å². The number of nitrogens with one attached hydrogen (secondary N) is 1. The number of aliphatic hydroxyl groups is 1. The molecule has 1 heterocycles. The van der Waals surface area contributed by atoms with Gasteiger partial charge in [-0.1, -0.05) is 12.1 Å². The highest BCUT2D eigenvalue weighted by Gasteiger charge is 2.19. The van der Waals surface area contributed by atoms with Gasteiger partial charge in [0, 0.05) is 17.7 Å². The molecule has 1 aromatic heterocycles. The van der Waals surface area contributed by atoms with E-state index in [4.69, 9.17) is 0 Å². The van der Waals surface area contributed by atoms with E-state index in [1.165, 1.54) is 11.5 Å². The minimum absolute atomic E-state index is 0.542. The van der Waals surface area contributed by atoms with E-state index >= 15 is 0 Å². The maximum atomic E-state index is 10.1. The highest BCUT2D eigenvalue weighted by Crippen LogP contribution is 2.27. The minimum Gasteiger partial charge on any atom is -0.387 e. The first-order valence-corrected chi connectivity index (χ1v) is 7.59. The van der Waals surface area contributed by atoms with Gasteiger partial charge in [-0.25, -0.2) is 0 Å². The SMILES string of the molecule is CSCC(C)(O)CNc1snc2ccccc12. The van der Waals surface area contributed by atoms with E-state index in [1.54, 1.807) is 11.8 Å². The average Bonchev–Trinajstić information content (AvgIpc) is 2.70. The molecular weight excluding hydrogens is 252 g/mol. The summed E-state index contributed by atoms with van der Waals surface area (Å²) < 4.78 is 4.36. The Labute approximate surface area is 109 Å². The summed E-state index contributed by atoms with van der Waals surface area (Å²) in [6.45, 7) is 2.39. The number of hydrogen-bond acceptors (Lipinski definition) is 5. The molecule has 0 spiro atoms. The van der Waals surface area contributed by atoms with Crippen molar-refractivity contribution in [2.45, 2.75) is 12.5 Å². The Balaban J connectivity index is 2.09. The van der Waals surface area contributed by atoms with Gasteiger partial charge in [0.2, 0.25) is 0 Å². The van der Waals surface area contributed by atoms with Gasteiger partial charge in [-0.15, -0.1) is 0 Å². The lowest BCUT2D eigenvalue weighted by Crippen LogP contribution is -2.35. The second-order valence-corrected chi connectivity index (χ2v) is 5.95.